The third-order valence-corrected chi connectivity index (χ3v) is 6.45. The molecule has 0 unspecified atom stereocenters. The Labute approximate surface area is 241 Å². The van der Waals surface area contributed by atoms with Crippen LogP contribution in [0.2, 0.25) is 0 Å². The molecule has 2 aromatic rings. The Morgan fingerprint density at radius 2 is 1.71 bits per heavy atom. The van der Waals surface area contributed by atoms with Crippen LogP contribution in [0.4, 0.5) is 10.5 Å². The Hall–Kier alpha value is -3.51. The number of aliphatic hydroxyl groups excluding tert-OH is 2. The molecule has 6 N–H and O–H groups in total. The zero-order valence-corrected chi connectivity index (χ0v) is 23.7. The second-order valence-corrected chi connectivity index (χ2v) is 9.79. The molecular formula is C30H43N3O8. The predicted octanol–water partition coefficient (Wildman–Crippen LogP) is 3.25. The van der Waals surface area contributed by atoms with Crippen molar-refractivity contribution >= 4 is 23.6 Å². The molecule has 3 amide bonds. The number of rotatable bonds is 17. The summed E-state index contributed by atoms with van der Waals surface area (Å²) in [6.45, 7) is 3.54. The SMILES string of the molecule is CC(=O)O.O=C1CNC(=O)N1c1ccccc1CCCCOCCCCCCNC[C@H](O)c1ccc(O)c(CO)c1. The van der Waals surface area contributed by atoms with E-state index < -0.39 is 12.1 Å². The molecule has 1 aliphatic rings. The number of amides is 3. The lowest BCUT2D eigenvalue weighted by molar-refractivity contribution is -0.134. The van der Waals surface area contributed by atoms with Crippen LogP contribution in [0.5, 0.6) is 5.75 Å². The number of aromatic hydroxyl groups is 1. The van der Waals surface area contributed by atoms with Crippen molar-refractivity contribution in [3.8, 4) is 5.75 Å². The highest BCUT2D eigenvalue weighted by molar-refractivity contribution is 6.20. The summed E-state index contributed by atoms with van der Waals surface area (Å²) in [5.41, 5.74) is 2.75. The van der Waals surface area contributed by atoms with Gasteiger partial charge in [-0.1, -0.05) is 37.1 Å². The van der Waals surface area contributed by atoms with Crippen molar-refractivity contribution in [2.24, 2.45) is 0 Å². The van der Waals surface area contributed by atoms with Crippen LogP contribution in [-0.4, -0.2) is 71.2 Å². The van der Waals surface area contributed by atoms with E-state index in [4.69, 9.17) is 14.6 Å². The van der Waals surface area contributed by atoms with Crippen molar-refractivity contribution in [3.05, 3.63) is 59.2 Å². The number of ether oxygens (including phenoxy) is 1. The van der Waals surface area contributed by atoms with Crippen LogP contribution < -0.4 is 15.5 Å². The monoisotopic (exact) mass is 573 g/mol. The van der Waals surface area contributed by atoms with Crippen LogP contribution >= 0.6 is 0 Å². The number of urea groups is 1. The van der Waals surface area contributed by atoms with Crippen molar-refractivity contribution in [2.45, 2.75) is 64.6 Å². The lowest BCUT2D eigenvalue weighted by Crippen LogP contribution is -2.31. The number of imide groups is 1. The molecule has 0 radical (unpaired) electrons. The lowest BCUT2D eigenvalue weighted by atomic mass is 10.1. The first-order valence-electron chi connectivity index (χ1n) is 14.0. The number of carboxylic acids is 1. The summed E-state index contributed by atoms with van der Waals surface area (Å²) in [6, 6.07) is 12.0. The summed E-state index contributed by atoms with van der Waals surface area (Å²) in [7, 11) is 0. The number of nitrogens with zero attached hydrogens (tertiary/aromatic N) is 1. The molecule has 0 saturated carbocycles. The zero-order valence-electron chi connectivity index (χ0n) is 23.7. The molecule has 1 atom stereocenters. The maximum Gasteiger partial charge on any atom is 0.329 e. The fourth-order valence-corrected chi connectivity index (χ4v) is 4.33. The first-order valence-corrected chi connectivity index (χ1v) is 14.0. The fourth-order valence-electron chi connectivity index (χ4n) is 4.33. The number of hydrogen-bond donors (Lipinski definition) is 6. The molecule has 11 nitrogen and oxygen atoms in total. The molecular weight excluding hydrogens is 530 g/mol. The molecule has 41 heavy (non-hydrogen) atoms. The highest BCUT2D eigenvalue weighted by Crippen LogP contribution is 2.24. The Balaban J connectivity index is 0.00000138. The van der Waals surface area contributed by atoms with Crippen LogP contribution in [0.3, 0.4) is 0 Å². The van der Waals surface area contributed by atoms with E-state index in [0.29, 0.717) is 30.0 Å². The zero-order chi connectivity index (χ0) is 30.0. The van der Waals surface area contributed by atoms with Crippen LogP contribution in [-0.2, 0) is 27.4 Å². The maximum absolute atomic E-state index is 12.0. The van der Waals surface area contributed by atoms with E-state index >= 15 is 0 Å². The minimum absolute atomic E-state index is 0.0320. The molecule has 0 aliphatic carbocycles. The van der Waals surface area contributed by atoms with Crippen molar-refractivity contribution in [1.82, 2.24) is 10.6 Å². The number of hydrogen-bond acceptors (Lipinski definition) is 8. The number of aliphatic carboxylic acids is 1. The van der Waals surface area contributed by atoms with Crippen molar-refractivity contribution < 1.29 is 39.5 Å². The number of aliphatic hydroxyl groups is 2. The normalized spacial score (nSPS) is 13.5. The van der Waals surface area contributed by atoms with Crippen LogP contribution in [0, 0.1) is 0 Å². The summed E-state index contributed by atoms with van der Waals surface area (Å²) in [5, 5.41) is 42.3. The van der Waals surface area contributed by atoms with Gasteiger partial charge in [0.05, 0.1) is 24.9 Å². The van der Waals surface area contributed by atoms with Gasteiger partial charge in [0.25, 0.3) is 11.9 Å². The number of nitrogens with one attached hydrogen (secondary N) is 2. The Morgan fingerprint density at radius 1 is 1.02 bits per heavy atom. The van der Waals surface area contributed by atoms with Crippen LogP contribution in [0.1, 0.15) is 68.2 Å². The number of anilines is 1. The highest BCUT2D eigenvalue weighted by atomic mass is 16.5. The third-order valence-electron chi connectivity index (χ3n) is 6.45. The molecule has 226 valence electrons. The third kappa shape index (κ3) is 12.3. The number of unbranched alkanes of at least 4 members (excludes halogenated alkanes) is 4. The second kappa shape index (κ2) is 18.8. The standard InChI is InChI=1S/C28H39N3O6.C2H4O2/c32-20-23-17-22(12-13-25(23)33)26(34)18-29-14-6-1-2-7-15-37-16-8-5-10-21-9-3-4-11-24(21)31-27(35)19-30-28(31)36;1-2(3)4/h3-4,9,11-13,17,26,29,32-34H,1-2,5-8,10,14-16,18-20H2,(H,30,36);1H3,(H,3,4)/t26-;/m0./s1. The van der Waals surface area contributed by atoms with E-state index in [-0.39, 0.29) is 30.8 Å². The smallest absolute Gasteiger partial charge is 0.329 e. The number of carbonyl (C=O) groups is 3. The van der Waals surface area contributed by atoms with E-state index in [2.05, 4.69) is 10.6 Å². The van der Waals surface area contributed by atoms with Gasteiger partial charge in [0.2, 0.25) is 0 Å². The van der Waals surface area contributed by atoms with Gasteiger partial charge >= 0.3 is 6.03 Å². The fraction of sp³-hybridized carbons (Fsp3) is 0.500. The molecule has 0 spiro atoms. The number of para-hydroxylation sites is 1. The summed E-state index contributed by atoms with van der Waals surface area (Å²) >= 11 is 0. The lowest BCUT2D eigenvalue weighted by Gasteiger charge is -2.17. The van der Waals surface area contributed by atoms with Gasteiger partial charge in [0.1, 0.15) is 5.75 Å². The van der Waals surface area contributed by atoms with Crippen molar-refractivity contribution in [2.75, 3.05) is 37.7 Å². The molecule has 1 heterocycles. The van der Waals surface area contributed by atoms with Crippen LogP contribution in [0.25, 0.3) is 0 Å². The largest absolute Gasteiger partial charge is 0.508 e. The van der Waals surface area contributed by atoms with Gasteiger partial charge in [-0.15, -0.1) is 0 Å². The van der Waals surface area contributed by atoms with Gasteiger partial charge in [-0.2, -0.15) is 0 Å². The summed E-state index contributed by atoms with van der Waals surface area (Å²) < 4.78 is 5.76. The Kier molecular flexibility index (Phi) is 15.4. The summed E-state index contributed by atoms with van der Waals surface area (Å²) in [4.78, 5) is 34.2. The van der Waals surface area contributed by atoms with Gasteiger partial charge in [0.15, 0.2) is 0 Å². The summed E-state index contributed by atoms with van der Waals surface area (Å²) in [6.07, 6.45) is 6.13. The van der Waals surface area contributed by atoms with E-state index in [1.165, 1.54) is 11.0 Å². The molecule has 2 aromatic carbocycles. The molecule has 1 saturated heterocycles. The molecule has 1 fully saturated rings. The van der Waals surface area contributed by atoms with Crippen molar-refractivity contribution in [3.63, 3.8) is 0 Å². The summed E-state index contributed by atoms with van der Waals surface area (Å²) in [5.74, 6) is -1.02. The van der Waals surface area contributed by atoms with Gasteiger partial charge in [-0.3, -0.25) is 9.59 Å². The van der Waals surface area contributed by atoms with E-state index in [1.54, 1.807) is 12.1 Å². The number of carboxylic acid groups (broad SMARTS) is 1. The maximum atomic E-state index is 12.0. The van der Waals surface area contributed by atoms with E-state index in [0.717, 1.165) is 70.6 Å². The Morgan fingerprint density at radius 3 is 2.39 bits per heavy atom. The average molecular weight is 574 g/mol. The first kappa shape index (κ1) is 33.7. The molecule has 3 rings (SSSR count). The molecule has 1 aliphatic heterocycles. The highest BCUT2D eigenvalue weighted by Gasteiger charge is 2.31. The number of carbonyl (C=O) groups excluding carboxylic acids is 2. The molecule has 11 heteroatoms. The van der Waals surface area contributed by atoms with Gasteiger partial charge in [0, 0.05) is 32.2 Å². The van der Waals surface area contributed by atoms with E-state index in [1.807, 2.05) is 24.3 Å². The Bertz CT molecular complexity index is 1090. The number of aryl methyl sites for hydroxylation is 1. The van der Waals surface area contributed by atoms with Crippen molar-refractivity contribution in [1.29, 1.82) is 0 Å². The molecule has 0 aromatic heterocycles. The van der Waals surface area contributed by atoms with Gasteiger partial charge in [-0.05, 0) is 68.0 Å². The second-order valence-electron chi connectivity index (χ2n) is 9.79. The number of phenols is 1. The molecule has 0 bridgehead atoms. The number of benzene rings is 2. The van der Waals surface area contributed by atoms with E-state index in [9.17, 15) is 24.9 Å². The average Bonchev–Trinajstić information content (AvgIpc) is 3.28. The topological polar surface area (TPSA) is 169 Å². The minimum atomic E-state index is -0.833. The first-order chi connectivity index (χ1) is 19.7. The predicted molar refractivity (Wildman–Crippen MR) is 155 cm³/mol. The van der Waals surface area contributed by atoms with Crippen LogP contribution in [0.15, 0.2) is 42.5 Å². The minimum Gasteiger partial charge on any atom is -0.508 e. The quantitative estimate of drug-likeness (QED) is 0.123. The van der Waals surface area contributed by atoms with Gasteiger partial charge in [-0.25, -0.2) is 9.69 Å². The van der Waals surface area contributed by atoms with Gasteiger partial charge < -0.3 is 35.8 Å².